The average molecular weight is 535 g/mol. The maximum atomic E-state index is 11.9. The average Bonchev–Trinajstić information content (AvgIpc) is 3.48. The predicted octanol–water partition coefficient (Wildman–Crippen LogP) is 2.46. The van der Waals surface area contributed by atoms with Crippen molar-refractivity contribution in [3.63, 3.8) is 0 Å². The highest BCUT2D eigenvalue weighted by molar-refractivity contribution is 7.19. The van der Waals surface area contributed by atoms with Crippen LogP contribution < -0.4 is 10.6 Å². The van der Waals surface area contributed by atoms with Crippen LogP contribution in [-0.2, 0) is 23.1 Å². The van der Waals surface area contributed by atoms with E-state index in [-0.39, 0.29) is 5.91 Å². The van der Waals surface area contributed by atoms with Crippen molar-refractivity contribution in [2.45, 2.75) is 25.9 Å². The number of primary amides is 1. The summed E-state index contributed by atoms with van der Waals surface area (Å²) in [6, 6.07) is 10.3. The Bertz CT molecular complexity index is 1480. The van der Waals surface area contributed by atoms with Gasteiger partial charge in [0.1, 0.15) is 5.69 Å². The lowest BCUT2D eigenvalue weighted by atomic mass is 10.0. The molecule has 200 valence electrons. The summed E-state index contributed by atoms with van der Waals surface area (Å²) in [5.74, 6) is 1.39. The summed E-state index contributed by atoms with van der Waals surface area (Å²) in [4.78, 5) is 30.3. The van der Waals surface area contributed by atoms with Gasteiger partial charge in [-0.05, 0) is 26.0 Å². The van der Waals surface area contributed by atoms with Crippen molar-refractivity contribution in [3.05, 3.63) is 35.2 Å². The Morgan fingerprint density at radius 3 is 2.53 bits per heavy atom. The standard InChI is InChI=1S/C27H34N8O2S/c1-27(2,26(28)36)35-10-8-33(9-11-35)17-18-16-21-23(38-18)25(34-12-14-37-15-13-34)30-24(29-21)22-19-6-4-5-7-20(19)31-32(22)3/h4-7,16H,8-15,17H2,1-3H3,(H2,28,36). The van der Waals surface area contributed by atoms with E-state index in [4.69, 9.17) is 25.5 Å². The third-order valence-corrected chi connectivity index (χ3v) is 8.92. The number of carbonyl (C=O) groups excluding carboxylic acids is 1. The number of morpholine rings is 1. The molecule has 2 N–H and O–H groups in total. The number of hydrogen-bond donors (Lipinski definition) is 1. The first-order valence-electron chi connectivity index (χ1n) is 13.1. The van der Waals surface area contributed by atoms with Gasteiger partial charge in [0.15, 0.2) is 11.6 Å². The molecule has 4 aromatic rings. The molecule has 10 nitrogen and oxygen atoms in total. The zero-order chi connectivity index (χ0) is 26.4. The fourth-order valence-corrected chi connectivity index (χ4v) is 6.55. The van der Waals surface area contributed by atoms with E-state index >= 15 is 0 Å². The van der Waals surface area contributed by atoms with Crippen LogP contribution >= 0.6 is 11.3 Å². The van der Waals surface area contributed by atoms with Crippen molar-refractivity contribution < 1.29 is 9.53 Å². The Morgan fingerprint density at radius 1 is 1.05 bits per heavy atom. The van der Waals surface area contributed by atoms with E-state index in [0.717, 1.165) is 78.4 Å². The normalized spacial score (nSPS) is 18.0. The summed E-state index contributed by atoms with van der Waals surface area (Å²) in [7, 11) is 1.95. The number of nitrogens with zero attached hydrogens (tertiary/aromatic N) is 7. The number of ether oxygens (including phenoxy) is 1. The van der Waals surface area contributed by atoms with Gasteiger partial charge in [-0.1, -0.05) is 18.2 Å². The van der Waals surface area contributed by atoms with Gasteiger partial charge in [0.05, 0.1) is 34.5 Å². The number of aromatic nitrogens is 4. The Labute approximate surface area is 226 Å². The fourth-order valence-electron chi connectivity index (χ4n) is 5.39. The molecule has 1 aromatic carbocycles. The molecule has 11 heteroatoms. The second kappa shape index (κ2) is 9.88. The lowest BCUT2D eigenvalue weighted by Crippen LogP contribution is -2.59. The van der Waals surface area contributed by atoms with Gasteiger partial charge in [-0.15, -0.1) is 11.3 Å². The van der Waals surface area contributed by atoms with Crippen LogP contribution in [0.4, 0.5) is 5.82 Å². The maximum Gasteiger partial charge on any atom is 0.237 e. The van der Waals surface area contributed by atoms with Crippen molar-refractivity contribution in [3.8, 4) is 11.5 Å². The maximum absolute atomic E-state index is 11.9. The van der Waals surface area contributed by atoms with Crippen molar-refractivity contribution >= 4 is 44.2 Å². The summed E-state index contributed by atoms with van der Waals surface area (Å²) < 4.78 is 8.63. The number of nitrogens with two attached hydrogens (primary N) is 1. The van der Waals surface area contributed by atoms with Gasteiger partial charge in [0.2, 0.25) is 5.91 Å². The Balaban J connectivity index is 1.33. The van der Waals surface area contributed by atoms with Gasteiger partial charge < -0.3 is 15.4 Å². The van der Waals surface area contributed by atoms with Gasteiger partial charge in [-0.2, -0.15) is 5.10 Å². The summed E-state index contributed by atoms with van der Waals surface area (Å²) in [5, 5.41) is 5.74. The first-order chi connectivity index (χ1) is 18.3. The molecule has 2 aliphatic rings. The third-order valence-electron chi connectivity index (χ3n) is 7.81. The molecule has 1 amide bonds. The highest BCUT2D eigenvalue weighted by Gasteiger charge is 2.34. The van der Waals surface area contributed by atoms with E-state index in [9.17, 15) is 4.79 Å². The number of anilines is 1. The molecule has 38 heavy (non-hydrogen) atoms. The molecule has 6 rings (SSSR count). The van der Waals surface area contributed by atoms with Crippen molar-refractivity contribution in [2.75, 3.05) is 57.4 Å². The third kappa shape index (κ3) is 4.53. The lowest BCUT2D eigenvalue weighted by molar-refractivity contribution is -0.129. The first-order valence-corrected chi connectivity index (χ1v) is 14.0. The van der Waals surface area contributed by atoms with Crippen LogP contribution in [0.5, 0.6) is 0 Å². The minimum atomic E-state index is -0.626. The molecule has 3 aromatic heterocycles. The number of fused-ring (bicyclic) bond motifs is 2. The van der Waals surface area contributed by atoms with Crippen LogP contribution in [0.2, 0.25) is 0 Å². The van der Waals surface area contributed by atoms with Crippen LogP contribution in [0.25, 0.3) is 32.6 Å². The second-order valence-electron chi connectivity index (χ2n) is 10.6. The number of rotatable bonds is 6. The summed E-state index contributed by atoms with van der Waals surface area (Å²) in [6.45, 7) is 11.1. The van der Waals surface area contributed by atoms with Crippen molar-refractivity contribution in [1.29, 1.82) is 0 Å². The Morgan fingerprint density at radius 2 is 1.79 bits per heavy atom. The van der Waals surface area contributed by atoms with Crippen molar-refractivity contribution in [1.82, 2.24) is 29.5 Å². The van der Waals surface area contributed by atoms with Crippen LogP contribution in [0, 0.1) is 0 Å². The van der Waals surface area contributed by atoms with Gasteiger partial charge in [0, 0.05) is 63.1 Å². The highest BCUT2D eigenvalue weighted by Crippen LogP contribution is 2.36. The summed E-state index contributed by atoms with van der Waals surface area (Å²) in [6.07, 6.45) is 0. The molecular weight excluding hydrogens is 500 g/mol. The van der Waals surface area contributed by atoms with E-state index < -0.39 is 5.54 Å². The largest absolute Gasteiger partial charge is 0.378 e. The number of benzene rings is 1. The van der Waals surface area contributed by atoms with E-state index in [1.165, 1.54) is 4.88 Å². The molecule has 2 aliphatic heterocycles. The van der Waals surface area contributed by atoms with E-state index in [0.29, 0.717) is 19.0 Å². The molecule has 5 heterocycles. The van der Waals surface area contributed by atoms with Gasteiger partial charge in [-0.3, -0.25) is 19.3 Å². The smallest absolute Gasteiger partial charge is 0.237 e. The molecule has 0 aliphatic carbocycles. The van der Waals surface area contributed by atoms with E-state index in [1.807, 2.05) is 43.8 Å². The van der Waals surface area contributed by atoms with E-state index in [2.05, 4.69) is 26.8 Å². The Hall–Kier alpha value is -3.12. The number of carbonyl (C=O) groups is 1. The molecule has 0 bridgehead atoms. The number of thiophene rings is 1. The fraction of sp³-hybridized carbons (Fsp3) is 0.481. The summed E-state index contributed by atoms with van der Waals surface area (Å²) in [5.41, 5.74) is 7.85. The van der Waals surface area contributed by atoms with Crippen LogP contribution in [0.15, 0.2) is 30.3 Å². The topological polar surface area (TPSA) is 106 Å². The van der Waals surface area contributed by atoms with E-state index in [1.54, 1.807) is 11.3 Å². The minimum Gasteiger partial charge on any atom is -0.378 e. The quantitative estimate of drug-likeness (QED) is 0.402. The molecule has 2 fully saturated rings. The lowest BCUT2D eigenvalue weighted by Gasteiger charge is -2.42. The van der Waals surface area contributed by atoms with Crippen LogP contribution in [0.1, 0.15) is 18.7 Å². The number of amides is 1. The second-order valence-corrected chi connectivity index (χ2v) is 11.7. The molecule has 2 saturated heterocycles. The Kier molecular flexibility index (Phi) is 6.55. The predicted molar refractivity (Wildman–Crippen MR) is 150 cm³/mol. The monoisotopic (exact) mass is 534 g/mol. The molecule has 0 saturated carbocycles. The van der Waals surface area contributed by atoms with Crippen LogP contribution in [0.3, 0.4) is 0 Å². The van der Waals surface area contributed by atoms with Crippen LogP contribution in [-0.4, -0.2) is 93.5 Å². The number of piperazine rings is 1. The molecule has 0 atom stereocenters. The molecular formula is C27H34N8O2S. The van der Waals surface area contributed by atoms with Gasteiger partial charge in [-0.25, -0.2) is 9.97 Å². The highest BCUT2D eigenvalue weighted by atomic mass is 32.1. The number of hydrogen-bond acceptors (Lipinski definition) is 9. The van der Waals surface area contributed by atoms with Gasteiger partial charge >= 0.3 is 0 Å². The molecule has 0 radical (unpaired) electrons. The van der Waals surface area contributed by atoms with Crippen molar-refractivity contribution in [2.24, 2.45) is 12.8 Å². The number of aryl methyl sites for hydroxylation is 1. The molecule has 0 spiro atoms. The SMILES string of the molecule is Cn1nc2ccccc2c1-c1nc(N2CCOCC2)c2sc(CN3CCN(C(C)(C)C(N)=O)CC3)cc2n1. The zero-order valence-corrected chi connectivity index (χ0v) is 23.0. The molecule has 0 unspecified atom stereocenters. The first kappa shape index (κ1) is 25.2. The zero-order valence-electron chi connectivity index (χ0n) is 22.2. The van der Waals surface area contributed by atoms with Gasteiger partial charge in [0.25, 0.3) is 0 Å². The minimum absolute atomic E-state index is 0.276. The summed E-state index contributed by atoms with van der Waals surface area (Å²) >= 11 is 1.78.